The maximum atomic E-state index is 9.18. The van der Waals surface area contributed by atoms with Gasteiger partial charge in [0.05, 0.1) is 11.9 Å². The van der Waals surface area contributed by atoms with E-state index in [-0.39, 0.29) is 0 Å². The van der Waals surface area contributed by atoms with Crippen molar-refractivity contribution in [3.63, 3.8) is 0 Å². The van der Waals surface area contributed by atoms with Crippen LogP contribution >= 0.6 is 15.9 Å². The standard InChI is InChI=1S/C6H7BrN2O/c7-3-6(10)5-4-8-1-2-9-5/h1-2,4,6,10H,3H2. The van der Waals surface area contributed by atoms with Gasteiger partial charge in [0.1, 0.15) is 6.10 Å². The summed E-state index contributed by atoms with van der Waals surface area (Å²) in [5, 5.41) is 9.67. The second-order valence-corrected chi connectivity index (χ2v) is 2.45. The Morgan fingerprint density at radius 2 is 2.40 bits per heavy atom. The van der Waals surface area contributed by atoms with Crippen LogP contribution in [0.15, 0.2) is 18.6 Å². The number of hydrogen-bond donors (Lipinski definition) is 1. The molecule has 0 fully saturated rings. The monoisotopic (exact) mass is 202 g/mol. The first-order chi connectivity index (χ1) is 4.84. The van der Waals surface area contributed by atoms with Crippen LogP contribution in [0.25, 0.3) is 0 Å². The van der Waals surface area contributed by atoms with E-state index in [4.69, 9.17) is 0 Å². The molecule has 0 aliphatic heterocycles. The lowest BCUT2D eigenvalue weighted by molar-refractivity contribution is 0.200. The van der Waals surface area contributed by atoms with Crippen LogP contribution < -0.4 is 0 Å². The molecular weight excluding hydrogens is 196 g/mol. The summed E-state index contributed by atoms with van der Waals surface area (Å²) in [6.07, 6.45) is 4.13. The average Bonchev–Trinajstić information content (AvgIpc) is 2.05. The molecule has 1 aromatic rings. The topological polar surface area (TPSA) is 46.0 Å². The molecule has 1 aromatic heterocycles. The zero-order valence-corrected chi connectivity index (χ0v) is 6.82. The number of aromatic nitrogens is 2. The van der Waals surface area contributed by atoms with Gasteiger partial charge in [-0.3, -0.25) is 9.97 Å². The minimum Gasteiger partial charge on any atom is -0.386 e. The minimum absolute atomic E-state index is 0.492. The lowest BCUT2D eigenvalue weighted by Gasteiger charge is -2.02. The maximum Gasteiger partial charge on any atom is 0.107 e. The van der Waals surface area contributed by atoms with Crippen LogP contribution in [0.3, 0.4) is 0 Å². The van der Waals surface area contributed by atoms with Crippen molar-refractivity contribution in [3.8, 4) is 0 Å². The highest BCUT2D eigenvalue weighted by molar-refractivity contribution is 9.09. The van der Waals surface area contributed by atoms with Gasteiger partial charge < -0.3 is 5.11 Å². The second-order valence-electron chi connectivity index (χ2n) is 1.80. The van der Waals surface area contributed by atoms with E-state index in [0.717, 1.165) is 0 Å². The molecule has 0 saturated carbocycles. The van der Waals surface area contributed by atoms with Crippen molar-refractivity contribution in [2.45, 2.75) is 6.10 Å². The Kier molecular flexibility index (Phi) is 2.77. The molecule has 0 aliphatic rings. The van der Waals surface area contributed by atoms with E-state index in [0.29, 0.717) is 11.0 Å². The van der Waals surface area contributed by atoms with Crippen molar-refractivity contribution in [3.05, 3.63) is 24.3 Å². The third-order valence-corrected chi connectivity index (χ3v) is 1.68. The van der Waals surface area contributed by atoms with Crippen LogP contribution in [0.1, 0.15) is 11.8 Å². The summed E-state index contributed by atoms with van der Waals surface area (Å²) in [6, 6.07) is 0. The van der Waals surface area contributed by atoms with Gasteiger partial charge >= 0.3 is 0 Å². The Morgan fingerprint density at radius 3 is 2.90 bits per heavy atom. The molecule has 3 nitrogen and oxygen atoms in total. The molecule has 54 valence electrons. The van der Waals surface area contributed by atoms with Gasteiger partial charge in [-0.1, -0.05) is 15.9 Å². The van der Waals surface area contributed by atoms with E-state index in [1.165, 1.54) is 0 Å². The summed E-state index contributed by atoms with van der Waals surface area (Å²) in [6.45, 7) is 0. The molecule has 1 N–H and O–H groups in total. The van der Waals surface area contributed by atoms with E-state index in [2.05, 4.69) is 25.9 Å². The third-order valence-electron chi connectivity index (χ3n) is 1.07. The maximum absolute atomic E-state index is 9.18. The Bertz CT molecular complexity index is 192. The molecule has 0 aliphatic carbocycles. The third kappa shape index (κ3) is 1.75. The van der Waals surface area contributed by atoms with Crippen molar-refractivity contribution in [2.75, 3.05) is 5.33 Å². The summed E-state index contributed by atoms with van der Waals surface area (Å²) in [7, 11) is 0. The number of alkyl halides is 1. The molecule has 1 rings (SSSR count). The van der Waals surface area contributed by atoms with Gasteiger partial charge in [-0.05, 0) is 0 Å². The molecule has 4 heteroatoms. The van der Waals surface area contributed by atoms with Gasteiger partial charge in [0.25, 0.3) is 0 Å². The second kappa shape index (κ2) is 3.63. The molecule has 0 bridgehead atoms. The van der Waals surface area contributed by atoms with E-state index >= 15 is 0 Å². The molecular formula is C6H7BrN2O. The molecule has 0 aromatic carbocycles. The number of hydrogen-bond acceptors (Lipinski definition) is 3. The summed E-state index contributed by atoms with van der Waals surface area (Å²) >= 11 is 3.13. The van der Waals surface area contributed by atoms with Gasteiger partial charge in [0.2, 0.25) is 0 Å². The Labute approximate surface area is 67.3 Å². The number of halogens is 1. The van der Waals surface area contributed by atoms with Crippen molar-refractivity contribution in [1.82, 2.24) is 9.97 Å². The van der Waals surface area contributed by atoms with E-state index in [1.807, 2.05) is 0 Å². The molecule has 1 heterocycles. The Hall–Kier alpha value is -0.480. The number of aliphatic hydroxyl groups excluding tert-OH is 1. The quantitative estimate of drug-likeness (QED) is 0.726. The zero-order chi connectivity index (χ0) is 7.40. The van der Waals surface area contributed by atoms with Crippen LogP contribution in [0.4, 0.5) is 0 Å². The van der Waals surface area contributed by atoms with Gasteiger partial charge in [-0.2, -0.15) is 0 Å². The van der Waals surface area contributed by atoms with Gasteiger partial charge in [0.15, 0.2) is 0 Å². The largest absolute Gasteiger partial charge is 0.386 e. The van der Waals surface area contributed by atoms with Gasteiger partial charge in [0, 0.05) is 17.7 Å². The summed E-state index contributed by atoms with van der Waals surface area (Å²) in [5.74, 6) is 0. The predicted molar refractivity (Wildman–Crippen MR) is 40.8 cm³/mol. The van der Waals surface area contributed by atoms with Crippen LogP contribution in [-0.2, 0) is 0 Å². The minimum atomic E-state index is -0.548. The molecule has 0 radical (unpaired) electrons. The van der Waals surface area contributed by atoms with E-state index < -0.39 is 6.10 Å². The SMILES string of the molecule is OC(CBr)c1cnccn1. The zero-order valence-electron chi connectivity index (χ0n) is 5.24. The van der Waals surface area contributed by atoms with Crippen LogP contribution in [0.2, 0.25) is 0 Å². The molecule has 1 unspecified atom stereocenters. The fraction of sp³-hybridized carbons (Fsp3) is 0.333. The number of rotatable bonds is 2. The Balaban J connectivity index is 2.75. The van der Waals surface area contributed by atoms with Crippen molar-refractivity contribution >= 4 is 15.9 Å². The lowest BCUT2D eigenvalue weighted by Crippen LogP contribution is -2.00. The first-order valence-electron chi connectivity index (χ1n) is 2.84. The molecule has 0 spiro atoms. The average molecular weight is 203 g/mol. The Morgan fingerprint density at radius 1 is 1.60 bits per heavy atom. The molecule has 1 atom stereocenters. The highest BCUT2D eigenvalue weighted by Crippen LogP contribution is 2.09. The molecule has 10 heavy (non-hydrogen) atoms. The molecule has 0 amide bonds. The predicted octanol–water partition coefficient (Wildman–Crippen LogP) is 0.905. The lowest BCUT2D eigenvalue weighted by atomic mass is 10.3. The fourth-order valence-corrected chi connectivity index (χ4v) is 0.893. The van der Waals surface area contributed by atoms with E-state index in [1.54, 1.807) is 18.6 Å². The van der Waals surface area contributed by atoms with Gasteiger partial charge in [-0.15, -0.1) is 0 Å². The highest BCUT2D eigenvalue weighted by Gasteiger charge is 2.04. The van der Waals surface area contributed by atoms with Crippen molar-refractivity contribution in [1.29, 1.82) is 0 Å². The summed E-state index contributed by atoms with van der Waals surface area (Å²) in [5.41, 5.74) is 0.597. The van der Waals surface area contributed by atoms with Crippen molar-refractivity contribution in [2.24, 2.45) is 0 Å². The van der Waals surface area contributed by atoms with Crippen LogP contribution in [0.5, 0.6) is 0 Å². The van der Waals surface area contributed by atoms with Crippen LogP contribution in [-0.4, -0.2) is 20.4 Å². The first-order valence-corrected chi connectivity index (χ1v) is 3.96. The highest BCUT2D eigenvalue weighted by atomic mass is 79.9. The molecule has 0 saturated heterocycles. The summed E-state index contributed by atoms with van der Waals surface area (Å²) in [4.78, 5) is 7.72. The smallest absolute Gasteiger partial charge is 0.107 e. The van der Waals surface area contributed by atoms with E-state index in [9.17, 15) is 5.11 Å². The fourth-order valence-electron chi connectivity index (χ4n) is 0.562. The number of aliphatic hydroxyl groups is 1. The van der Waals surface area contributed by atoms with Crippen LogP contribution in [0, 0.1) is 0 Å². The normalized spacial score (nSPS) is 13.0. The summed E-state index contributed by atoms with van der Waals surface area (Å²) < 4.78 is 0. The van der Waals surface area contributed by atoms with Crippen molar-refractivity contribution < 1.29 is 5.11 Å². The van der Waals surface area contributed by atoms with Gasteiger partial charge in [-0.25, -0.2) is 0 Å². The first kappa shape index (κ1) is 7.63. The number of nitrogens with zero attached hydrogens (tertiary/aromatic N) is 2.